The molecule has 0 aliphatic carbocycles. The highest BCUT2D eigenvalue weighted by Gasteiger charge is 2.08. The van der Waals surface area contributed by atoms with Crippen LogP contribution in [-0.2, 0) is 11.3 Å². The highest BCUT2D eigenvalue weighted by Crippen LogP contribution is 2.16. The number of carbonyl (C=O) groups is 1. The molecule has 0 aliphatic heterocycles. The van der Waals surface area contributed by atoms with Crippen LogP contribution in [0.25, 0.3) is 0 Å². The summed E-state index contributed by atoms with van der Waals surface area (Å²) in [5.41, 5.74) is 1.39. The maximum Gasteiger partial charge on any atom is 0.269 e. The van der Waals surface area contributed by atoms with Gasteiger partial charge in [-0.3, -0.25) is 19.6 Å². The van der Waals surface area contributed by atoms with Gasteiger partial charge in [0.25, 0.3) is 5.69 Å². The highest BCUT2D eigenvalue weighted by molar-refractivity contribution is 9.10. The molecule has 1 aromatic heterocycles. The molecule has 0 radical (unpaired) electrons. The van der Waals surface area contributed by atoms with E-state index in [1.807, 2.05) is 13.1 Å². The number of nitrogens with one attached hydrogen (secondary N) is 1. The topological polar surface area (TPSA) is 90.1 Å². The number of aryl methyl sites for hydroxylation is 2. The van der Waals surface area contributed by atoms with Crippen LogP contribution in [-0.4, -0.2) is 20.6 Å². The van der Waals surface area contributed by atoms with Gasteiger partial charge in [0, 0.05) is 37.0 Å². The Kier molecular flexibility index (Phi) is 4.69. The first-order chi connectivity index (χ1) is 9.95. The van der Waals surface area contributed by atoms with E-state index in [9.17, 15) is 14.9 Å². The number of nitro groups is 1. The minimum atomic E-state index is -0.483. The fourth-order valence-corrected chi connectivity index (χ4v) is 2.03. The molecule has 1 amide bonds. The Bertz CT molecular complexity index is 647. The summed E-state index contributed by atoms with van der Waals surface area (Å²) in [6, 6.07) is 5.71. The molecule has 1 heterocycles. The second-order valence-corrected chi connectivity index (χ2v) is 5.28. The molecule has 0 saturated heterocycles. The molecule has 0 aliphatic rings. The molecule has 110 valence electrons. The molecule has 0 atom stereocenters. The second kappa shape index (κ2) is 6.49. The molecule has 0 bridgehead atoms. The van der Waals surface area contributed by atoms with Crippen LogP contribution < -0.4 is 5.32 Å². The van der Waals surface area contributed by atoms with Crippen molar-refractivity contribution in [3.63, 3.8) is 0 Å². The van der Waals surface area contributed by atoms with Crippen LogP contribution in [0.15, 0.2) is 34.9 Å². The fourth-order valence-electron chi connectivity index (χ4n) is 1.71. The van der Waals surface area contributed by atoms with Gasteiger partial charge >= 0.3 is 0 Å². The van der Waals surface area contributed by atoms with Gasteiger partial charge < -0.3 is 5.32 Å². The molecular weight excluding hydrogens is 340 g/mol. The van der Waals surface area contributed by atoms with E-state index in [2.05, 4.69) is 26.3 Å². The van der Waals surface area contributed by atoms with E-state index in [0.717, 1.165) is 10.2 Å². The van der Waals surface area contributed by atoms with Crippen LogP contribution in [0.3, 0.4) is 0 Å². The SMILES string of the molecule is Cc1nn(CCC(=O)Nc2ccc([N+](=O)[O-])cc2)cc1Br. The Morgan fingerprint density at radius 2 is 2.10 bits per heavy atom. The first kappa shape index (κ1) is 15.2. The van der Waals surface area contributed by atoms with Crippen molar-refractivity contribution in [2.75, 3.05) is 5.32 Å². The Morgan fingerprint density at radius 1 is 1.43 bits per heavy atom. The molecule has 0 unspecified atom stereocenters. The largest absolute Gasteiger partial charge is 0.326 e. The lowest BCUT2D eigenvalue weighted by Gasteiger charge is -2.05. The molecule has 8 heteroatoms. The molecule has 0 spiro atoms. The summed E-state index contributed by atoms with van der Waals surface area (Å²) in [4.78, 5) is 21.8. The predicted octanol–water partition coefficient (Wildman–Crippen LogP) is 2.89. The van der Waals surface area contributed by atoms with Crippen LogP contribution >= 0.6 is 15.9 Å². The van der Waals surface area contributed by atoms with Gasteiger partial charge in [0.1, 0.15) is 0 Å². The Hall–Kier alpha value is -2.22. The molecular formula is C13H13BrN4O3. The van der Waals surface area contributed by atoms with Crippen molar-refractivity contribution in [2.24, 2.45) is 0 Å². The molecule has 7 nitrogen and oxygen atoms in total. The van der Waals surface area contributed by atoms with E-state index >= 15 is 0 Å². The predicted molar refractivity (Wildman–Crippen MR) is 81.0 cm³/mol. The number of aromatic nitrogens is 2. The zero-order valence-corrected chi connectivity index (χ0v) is 12.8. The Balaban J connectivity index is 1.88. The van der Waals surface area contributed by atoms with Gasteiger partial charge in [-0.2, -0.15) is 5.10 Å². The van der Waals surface area contributed by atoms with Gasteiger partial charge in [-0.15, -0.1) is 0 Å². The lowest BCUT2D eigenvalue weighted by molar-refractivity contribution is -0.384. The van der Waals surface area contributed by atoms with Gasteiger partial charge in [-0.05, 0) is 35.0 Å². The number of hydrogen-bond donors (Lipinski definition) is 1. The molecule has 1 aromatic carbocycles. The molecule has 1 N–H and O–H groups in total. The summed E-state index contributed by atoms with van der Waals surface area (Å²) in [5, 5.41) is 17.4. The van der Waals surface area contributed by atoms with Gasteiger partial charge in [-0.25, -0.2) is 0 Å². The van der Waals surface area contributed by atoms with E-state index in [-0.39, 0.29) is 18.0 Å². The third kappa shape index (κ3) is 4.12. The van der Waals surface area contributed by atoms with Crippen molar-refractivity contribution in [3.05, 3.63) is 50.7 Å². The van der Waals surface area contributed by atoms with E-state index in [4.69, 9.17) is 0 Å². The zero-order valence-electron chi connectivity index (χ0n) is 11.2. The first-order valence-corrected chi connectivity index (χ1v) is 6.99. The summed E-state index contributed by atoms with van der Waals surface area (Å²) < 4.78 is 2.59. The van der Waals surface area contributed by atoms with Crippen molar-refractivity contribution in [1.29, 1.82) is 0 Å². The Labute approximate surface area is 129 Å². The van der Waals surface area contributed by atoms with Crippen molar-refractivity contribution in [2.45, 2.75) is 19.9 Å². The number of halogens is 1. The maximum atomic E-state index is 11.8. The number of carbonyl (C=O) groups excluding carboxylic acids is 1. The molecule has 0 fully saturated rings. The fraction of sp³-hybridized carbons (Fsp3) is 0.231. The van der Waals surface area contributed by atoms with Crippen LogP contribution in [0, 0.1) is 17.0 Å². The summed E-state index contributed by atoms with van der Waals surface area (Å²) in [6.45, 7) is 2.34. The van der Waals surface area contributed by atoms with Gasteiger partial charge in [0.2, 0.25) is 5.91 Å². The van der Waals surface area contributed by atoms with Gasteiger partial charge in [0.15, 0.2) is 0 Å². The summed E-state index contributed by atoms with van der Waals surface area (Å²) in [7, 11) is 0. The molecule has 2 rings (SSSR count). The van der Waals surface area contributed by atoms with Crippen LogP contribution in [0.2, 0.25) is 0 Å². The third-order valence-electron chi connectivity index (χ3n) is 2.82. The number of anilines is 1. The number of rotatable bonds is 5. The summed E-state index contributed by atoms with van der Waals surface area (Å²) in [5.74, 6) is -0.173. The number of benzene rings is 1. The number of amides is 1. The van der Waals surface area contributed by atoms with Crippen molar-refractivity contribution < 1.29 is 9.72 Å². The van der Waals surface area contributed by atoms with Crippen LogP contribution in [0.4, 0.5) is 11.4 Å². The minimum absolute atomic E-state index is 0.00938. The lowest BCUT2D eigenvalue weighted by Crippen LogP contribution is -2.14. The lowest BCUT2D eigenvalue weighted by atomic mass is 10.2. The van der Waals surface area contributed by atoms with Gasteiger partial charge in [-0.1, -0.05) is 0 Å². The van der Waals surface area contributed by atoms with E-state index in [1.54, 1.807) is 4.68 Å². The number of non-ortho nitro benzene ring substituents is 1. The average Bonchev–Trinajstić information content (AvgIpc) is 2.76. The van der Waals surface area contributed by atoms with E-state index in [1.165, 1.54) is 24.3 Å². The summed E-state index contributed by atoms with van der Waals surface area (Å²) >= 11 is 3.36. The number of nitro benzene ring substituents is 1. The van der Waals surface area contributed by atoms with Crippen molar-refractivity contribution >= 4 is 33.2 Å². The minimum Gasteiger partial charge on any atom is -0.326 e. The number of nitrogens with zero attached hydrogens (tertiary/aromatic N) is 3. The summed E-state index contributed by atoms with van der Waals surface area (Å²) in [6.07, 6.45) is 2.08. The standard InChI is InChI=1S/C13H13BrN4O3/c1-9-12(14)8-17(16-9)7-6-13(19)15-10-2-4-11(5-3-10)18(20)21/h2-5,8H,6-7H2,1H3,(H,15,19). The van der Waals surface area contributed by atoms with E-state index in [0.29, 0.717) is 12.2 Å². The molecule has 0 saturated carbocycles. The first-order valence-electron chi connectivity index (χ1n) is 6.19. The third-order valence-corrected chi connectivity index (χ3v) is 3.59. The maximum absolute atomic E-state index is 11.8. The molecule has 21 heavy (non-hydrogen) atoms. The van der Waals surface area contributed by atoms with Crippen molar-refractivity contribution in [1.82, 2.24) is 9.78 Å². The second-order valence-electron chi connectivity index (χ2n) is 4.43. The Morgan fingerprint density at radius 3 is 2.62 bits per heavy atom. The molecule has 2 aromatic rings. The zero-order chi connectivity index (χ0) is 15.4. The smallest absolute Gasteiger partial charge is 0.269 e. The van der Waals surface area contributed by atoms with Gasteiger partial charge in [0.05, 0.1) is 15.1 Å². The highest BCUT2D eigenvalue weighted by atomic mass is 79.9. The van der Waals surface area contributed by atoms with Crippen LogP contribution in [0.1, 0.15) is 12.1 Å². The number of hydrogen-bond acceptors (Lipinski definition) is 4. The average molecular weight is 353 g/mol. The quantitative estimate of drug-likeness (QED) is 0.661. The van der Waals surface area contributed by atoms with Crippen molar-refractivity contribution in [3.8, 4) is 0 Å². The van der Waals surface area contributed by atoms with Crippen LogP contribution in [0.5, 0.6) is 0 Å². The normalized spacial score (nSPS) is 10.4. The van der Waals surface area contributed by atoms with E-state index < -0.39 is 4.92 Å². The monoisotopic (exact) mass is 352 g/mol.